The van der Waals surface area contributed by atoms with Crippen molar-refractivity contribution in [3.63, 3.8) is 0 Å². The standard InChI is InChI=1S/C12H20O4/c1-5-7-8-15-9-10(13)12(3,4)11(14)16-6-2/h5H,1,6-9H2,2-4H3. The van der Waals surface area contributed by atoms with Crippen LogP contribution in [-0.2, 0) is 19.1 Å². The third-order valence-electron chi connectivity index (χ3n) is 2.18. The summed E-state index contributed by atoms with van der Waals surface area (Å²) in [5, 5.41) is 0. The topological polar surface area (TPSA) is 52.6 Å². The molecule has 0 rings (SSSR count). The van der Waals surface area contributed by atoms with E-state index in [1.165, 1.54) is 0 Å². The predicted molar refractivity (Wildman–Crippen MR) is 61.1 cm³/mol. The molecule has 0 aliphatic heterocycles. The lowest BCUT2D eigenvalue weighted by Crippen LogP contribution is -2.37. The second-order valence-electron chi connectivity index (χ2n) is 3.90. The largest absolute Gasteiger partial charge is 0.465 e. The molecule has 0 amide bonds. The van der Waals surface area contributed by atoms with Crippen molar-refractivity contribution in [3.8, 4) is 0 Å². The van der Waals surface area contributed by atoms with Crippen LogP contribution in [0.2, 0.25) is 0 Å². The van der Waals surface area contributed by atoms with Gasteiger partial charge in [-0.2, -0.15) is 0 Å². The van der Waals surface area contributed by atoms with Gasteiger partial charge >= 0.3 is 5.97 Å². The van der Waals surface area contributed by atoms with Crippen LogP contribution in [0.25, 0.3) is 0 Å². The molecule has 0 spiro atoms. The summed E-state index contributed by atoms with van der Waals surface area (Å²) in [5.41, 5.74) is -1.13. The molecule has 0 bridgehead atoms. The van der Waals surface area contributed by atoms with Gasteiger partial charge in [0.2, 0.25) is 0 Å². The number of esters is 1. The van der Waals surface area contributed by atoms with Gasteiger partial charge in [0, 0.05) is 0 Å². The molecular weight excluding hydrogens is 208 g/mol. The highest BCUT2D eigenvalue weighted by Gasteiger charge is 2.36. The Morgan fingerprint density at radius 2 is 2.00 bits per heavy atom. The molecule has 0 unspecified atom stereocenters. The van der Waals surface area contributed by atoms with Crippen molar-refractivity contribution in [2.75, 3.05) is 19.8 Å². The Bertz CT molecular complexity index is 256. The molecule has 0 saturated carbocycles. The van der Waals surface area contributed by atoms with Gasteiger partial charge in [-0.1, -0.05) is 6.08 Å². The number of ketones is 1. The minimum Gasteiger partial charge on any atom is -0.465 e. The minimum absolute atomic E-state index is 0.0698. The van der Waals surface area contributed by atoms with Gasteiger partial charge in [0.05, 0.1) is 13.2 Å². The van der Waals surface area contributed by atoms with E-state index in [2.05, 4.69) is 6.58 Å². The molecule has 0 aromatic rings. The number of rotatable bonds is 8. The van der Waals surface area contributed by atoms with Gasteiger partial charge in [-0.05, 0) is 27.2 Å². The van der Waals surface area contributed by atoms with E-state index in [1.54, 1.807) is 26.8 Å². The molecule has 16 heavy (non-hydrogen) atoms. The zero-order valence-electron chi connectivity index (χ0n) is 10.2. The van der Waals surface area contributed by atoms with Crippen LogP contribution in [-0.4, -0.2) is 31.6 Å². The van der Waals surface area contributed by atoms with E-state index in [9.17, 15) is 9.59 Å². The number of ether oxygens (including phenoxy) is 2. The third kappa shape index (κ3) is 4.57. The Labute approximate surface area is 96.6 Å². The lowest BCUT2D eigenvalue weighted by atomic mass is 9.88. The summed E-state index contributed by atoms with van der Waals surface area (Å²) in [6.07, 6.45) is 2.40. The Morgan fingerprint density at radius 1 is 1.38 bits per heavy atom. The average molecular weight is 228 g/mol. The van der Waals surface area contributed by atoms with Crippen LogP contribution < -0.4 is 0 Å². The van der Waals surface area contributed by atoms with E-state index in [0.717, 1.165) is 0 Å². The number of Topliss-reactive ketones (excluding diaryl/α,β-unsaturated/α-hetero) is 1. The normalized spacial score (nSPS) is 10.9. The molecule has 0 aromatic carbocycles. The summed E-state index contributed by atoms with van der Waals surface area (Å²) >= 11 is 0. The second kappa shape index (κ2) is 7.17. The fourth-order valence-corrected chi connectivity index (χ4v) is 0.937. The lowest BCUT2D eigenvalue weighted by Gasteiger charge is -2.20. The fourth-order valence-electron chi connectivity index (χ4n) is 0.937. The van der Waals surface area contributed by atoms with Crippen LogP contribution in [0.5, 0.6) is 0 Å². The van der Waals surface area contributed by atoms with Crippen molar-refractivity contribution in [1.29, 1.82) is 0 Å². The van der Waals surface area contributed by atoms with Gasteiger partial charge in [-0.25, -0.2) is 0 Å². The molecule has 0 atom stereocenters. The quantitative estimate of drug-likeness (QED) is 0.275. The van der Waals surface area contributed by atoms with Crippen molar-refractivity contribution in [1.82, 2.24) is 0 Å². The van der Waals surface area contributed by atoms with Crippen molar-refractivity contribution in [2.45, 2.75) is 27.2 Å². The minimum atomic E-state index is -1.13. The van der Waals surface area contributed by atoms with E-state index in [1.807, 2.05) is 0 Å². The number of hydrogen-bond acceptors (Lipinski definition) is 4. The first kappa shape index (κ1) is 14.8. The van der Waals surface area contributed by atoms with E-state index >= 15 is 0 Å². The predicted octanol–water partition coefficient (Wildman–Crippen LogP) is 1.74. The molecular formula is C12H20O4. The summed E-state index contributed by atoms with van der Waals surface area (Å²) in [4.78, 5) is 23.2. The van der Waals surface area contributed by atoms with Gasteiger partial charge in [-0.15, -0.1) is 6.58 Å². The monoisotopic (exact) mass is 228 g/mol. The highest BCUT2D eigenvalue weighted by Crippen LogP contribution is 2.19. The van der Waals surface area contributed by atoms with Gasteiger partial charge < -0.3 is 9.47 Å². The smallest absolute Gasteiger partial charge is 0.319 e. The second-order valence-corrected chi connectivity index (χ2v) is 3.90. The highest BCUT2D eigenvalue weighted by molar-refractivity contribution is 6.03. The molecule has 0 N–H and O–H groups in total. The van der Waals surface area contributed by atoms with Crippen LogP contribution in [0.15, 0.2) is 12.7 Å². The van der Waals surface area contributed by atoms with Crippen LogP contribution in [0.4, 0.5) is 0 Å². The maximum atomic E-state index is 11.7. The van der Waals surface area contributed by atoms with E-state index in [4.69, 9.17) is 9.47 Å². The molecule has 0 aliphatic carbocycles. The van der Waals surface area contributed by atoms with Gasteiger partial charge in [0.1, 0.15) is 12.0 Å². The SMILES string of the molecule is C=CCCOCC(=O)C(C)(C)C(=O)OCC. The van der Waals surface area contributed by atoms with Crippen LogP contribution in [0, 0.1) is 5.41 Å². The summed E-state index contributed by atoms with van der Waals surface area (Å²) in [6, 6.07) is 0. The van der Waals surface area contributed by atoms with Crippen molar-refractivity contribution >= 4 is 11.8 Å². The van der Waals surface area contributed by atoms with Crippen LogP contribution in [0.1, 0.15) is 27.2 Å². The highest BCUT2D eigenvalue weighted by atomic mass is 16.5. The summed E-state index contributed by atoms with van der Waals surface area (Å²) < 4.78 is 9.95. The van der Waals surface area contributed by atoms with Gasteiger partial charge in [-0.3, -0.25) is 9.59 Å². The van der Waals surface area contributed by atoms with Crippen LogP contribution in [0.3, 0.4) is 0 Å². The zero-order chi connectivity index (χ0) is 12.6. The molecule has 0 aliphatic rings. The van der Waals surface area contributed by atoms with E-state index in [-0.39, 0.29) is 19.0 Å². The first-order chi connectivity index (χ1) is 7.46. The maximum Gasteiger partial charge on any atom is 0.319 e. The Morgan fingerprint density at radius 3 is 2.50 bits per heavy atom. The first-order valence-electron chi connectivity index (χ1n) is 5.36. The van der Waals surface area contributed by atoms with Gasteiger partial charge in [0.15, 0.2) is 5.78 Å². The van der Waals surface area contributed by atoms with E-state index in [0.29, 0.717) is 13.0 Å². The number of hydrogen-bond donors (Lipinski definition) is 0. The van der Waals surface area contributed by atoms with Crippen molar-refractivity contribution in [3.05, 3.63) is 12.7 Å². The lowest BCUT2D eigenvalue weighted by molar-refractivity contribution is -0.159. The van der Waals surface area contributed by atoms with Crippen LogP contribution >= 0.6 is 0 Å². The average Bonchev–Trinajstić information content (AvgIpc) is 2.24. The summed E-state index contributed by atoms with van der Waals surface area (Å²) in [6.45, 7) is 8.98. The van der Waals surface area contributed by atoms with Gasteiger partial charge in [0.25, 0.3) is 0 Å². The Hall–Kier alpha value is -1.16. The first-order valence-corrected chi connectivity index (χ1v) is 5.36. The molecule has 0 heterocycles. The Kier molecular flexibility index (Phi) is 6.65. The Balaban J connectivity index is 4.13. The number of carbonyl (C=O) groups excluding carboxylic acids is 2. The third-order valence-corrected chi connectivity index (χ3v) is 2.18. The summed E-state index contributed by atoms with van der Waals surface area (Å²) in [7, 11) is 0. The molecule has 92 valence electrons. The molecule has 0 saturated heterocycles. The molecule has 0 radical (unpaired) electrons. The summed E-state index contributed by atoms with van der Waals surface area (Å²) in [5.74, 6) is -0.776. The van der Waals surface area contributed by atoms with Crippen molar-refractivity contribution in [2.24, 2.45) is 5.41 Å². The fraction of sp³-hybridized carbons (Fsp3) is 0.667. The zero-order valence-corrected chi connectivity index (χ0v) is 10.2. The maximum absolute atomic E-state index is 11.7. The molecule has 0 fully saturated rings. The van der Waals surface area contributed by atoms with Crippen molar-refractivity contribution < 1.29 is 19.1 Å². The number of carbonyl (C=O) groups is 2. The molecule has 4 nitrogen and oxygen atoms in total. The molecule has 0 aromatic heterocycles. The molecule has 4 heteroatoms. The van der Waals surface area contributed by atoms with E-state index < -0.39 is 11.4 Å².